The molecule has 1 rings (SSSR count). The van der Waals surface area contributed by atoms with Gasteiger partial charge in [-0.25, -0.2) is 0 Å². The standard InChI is InChI=1S/C13H17NO3/c1-8(2)13(15)9-6-11(16-4)12(17-5)7-10(9)14-3/h6-7,15H,3H2,1-2,4-5H3. The maximum atomic E-state index is 9.99. The van der Waals surface area contributed by atoms with E-state index in [4.69, 9.17) is 9.47 Å². The summed E-state index contributed by atoms with van der Waals surface area (Å²) in [6.07, 6.45) is 0. The summed E-state index contributed by atoms with van der Waals surface area (Å²) < 4.78 is 10.3. The lowest BCUT2D eigenvalue weighted by molar-refractivity contribution is 0.354. The molecule has 1 aromatic carbocycles. The van der Waals surface area contributed by atoms with E-state index in [1.165, 1.54) is 0 Å². The van der Waals surface area contributed by atoms with E-state index in [0.29, 0.717) is 22.7 Å². The lowest BCUT2D eigenvalue weighted by Gasteiger charge is -2.12. The van der Waals surface area contributed by atoms with Gasteiger partial charge in [0.2, 0.25) is 0 Å². The van der Waals surface area contributed by atoms with Crippen molar-refractivity contribution in [2.24, 2.45) is 4.99 Å². The fourth-order valence-electron chi connectivity index (χ4n) is 1.46. The Morgan fingerprint density at radius 1 is 1.18 bits per heavy atom. The van der Waals surface area contributed by atoms with Crippen LogP contribution in [0.25, 0.3) is 5.76 Å². The average Bonchev–Trinajstić information content (AvgIpc) is 2.35. The van der Waals surface area contributed by atoms with Crippen molar-refractivity contribution < 1.29 is 14.6 Å². The third kappa shape index (κ3) is 2.58. The van der Waals surface area contributed by atoms with Crippen LogP contribution in [0, 0.1) is 0 Å². The predicted octanol–water partition coefficient (Wildman–Crippen LogP) is 3.34. The first-order valence-electron chi connectivity index (χ1n) is 5.14. The minimum absolute atomic E-state index is 0.174. The first kappa shape index (κ1) is 13.1. The maximum absolute atomic E-state index is 9.99. The van der Waals surface area contributed by atoms with Crippen molar-refractivity contribution in [3.05, 3.63) is 23.3 Å². The second-order valence-corrected chi connectivity index (χ2v) is 3.73. The van der Waals surface area contributed by atoms with E-state index in [-0.39, 0.29) is 5.76 Å². The summed E-state index contributed by atoms with van der Waals surface area (Å²) in [4.78, 5) is 3.88. The van der Waals surface area contributed by atoms with Crippen molar-refractivity contribution >= 4 is 18.2 Å². The van der Waals surface area contributed by atoms with Crippen molar-refractivity contribution in [1.29, 1.82) is 0 Å². The van der Waals surface area contributed by atoms with Gasteiger partial charge >= 0.3 is 0 Å². The Balaban J connectivity index is 3.50. The molecule has 0 spiro atoms. The molecule has 0 saturated carbocycles. The molecular formula is C13H17NO3. The van der Waals surface area contributed by atoms with Crippen LogP contribution in [0.3, 0.4) is 0 Å². The molecule has 1 N–H and O–H groups in total. The highest BCUT2D eigenvalue weighted by atomic mass is 16.5. The van der Waals surface area contributed by atoms with Gasteiger partial charge in [0.1, 0.15) is 5.76 Å². The molecule has 0 aliphatic rings. The number of hydrogen-bond donors (Lipinski definition) is 1. The summed E-state index contributed by atoms with van der Waals surface area (Å²) in [5.74, 6) is 1.27. The van der Waals surface area contributed by atoms with E-state index < -0.39 is 0 Å². The number of allylic oxidation sites excluding steroid dienone is 1. The molecule has 4 heteroatoms. The molecule has 17 heavy (non-hydrogen) atoms. The third-order valence-electron chi connectivity index (χ3n) is 2.40. The van der Waals surface area contributed by atoms with Gasteiger partial charge in [0.25, 0.3) is 0 Å². The molecule has 0 radical (unpaired) electrons. The van der Waals surface area contributed by atoms with Crippen LogP contribution < -0.4 is 9.47 Å². The van der Waals surface area contributed by atoms with E-state index in [0.717, 1.165) is 5.57 Å². The molecule has 0 atom stereocenters. The quantitative estimate of drug-likeness (QED) is 0.643. The molecule has 1 aromatic rings. The molecule has 0 fully saturated rings. The van der Waals surface area contributed by atoms with Crippen LogP contribution in [-0.4, -0.2) is 26.0 Å². The van der Waals surface area contributed by atoms with Crippen LogP contribution in [0.4, 0.5) is 5.69 Å². The van der Waals surface area contributed by atoms with Crippen LogP contribution in [0.2, 0.25) is 0 Å². The zero-order chi connectivity index (χ0) is 13.0. The first-order valence-corrected chi connectivity index (χ1v) is 5.14. The van der Waals surface area contributed by atoms with E-state index in [1.54, 1.807) is 26.4 Å². The van der Waals surface area contributed by atoms with Gasteiger partial charge in [-0.2, -0.15) is 0 Å². The molecule has 0 amide bonds. The molecule has 92 valence electrons. The number of hydrogen-bond acceptors (Lipinski definition) is 4. The number of aliphatic hydroxyl groups excluding tert-OH is 1. The van der Waals surface area contributed by atoms with Crippen LogP contribution in [0.1, 0.15) is 19.4 Å². The van der Waals surface area contributed by atoms with E-state index in [2.05, 4.69) is 11.7 Å². The second kappa shape index (κ2) is 5.39. The highest BCUT2D eigenvalue weighted by Gasteiger charge is 2.13. The van der Waals surface area contributed by atoms with E-state index >= 15 is 0 Å². The molecule has 0 aliphatic carbocycles. The highest BCUT2D eigenvalue weighted by Crippen LogP contribution is 2.37. The number of benzene rings is 1. The first-order chi connectivity index (χ1) is 8.04. The fourth-order valence-corrected chi connectivity index (χ4v) is 1.46. The molecule has 0 aromatic heterocycles. The van der Waals surface area contributed by atoms with Gasteiger partial charge in [-0.3, -0.25) is 4.99 Å². The van der Waals surface area contributed by atoms with Crippen LogP contribution in [0.5, 0.6) is 11.5 Å². The van der Waals surface area contributed by atoms with Gasteiger partial charge in [0, 0.05) is 11.6 Å². The molecule has 0 bridgehead atoms. The molecule has 0 heterocycles. The fraction of sp³-hybridized carbons (Fsp3) is 0.308. The zero-order valence-corrected chi connectivity index (χ0v) is 10.6. The van der Waals surface area contributed by atoms with E-state index in [1.807, 2.05) is 13.8 Å². The molecule has 0 unspecified atom stereocenters. The normalized spacial score (nSPS) is 9.65. The number of nitrogens with zero attached hydrogens (tertiary/aromatic N) is 1. The van der Waals surface area contributed by atoms with Gasteiger partial charge in [0.15, 0.2) is 11.5 Å². The van der Waals surface area contributed by atoms with Crippen molar-refractivity contribution in [2.45, 2.75) is 13.8 Å². The monoisotopic (exact) mass is 235 g/mol. The topological polar surface area (TPSA) is 51.0 Å². The number of rotatable bonds is 4. The Labute approximate surface area is 101 Å². The highest BCUT2D eigenvalue weighted by molar-refractivity contribution is 5.76. The van der Waals surface area contributed by atoms with Crippen LogP contribution in [0.15, 0.2) is 22.7 Å². The summed E-state index contributed by atoms with van der Waals surface area (Å²) in [5.41, 5.74) is 1.93. The van der Waals surface area contributed by atoms with Gasteiger partial charge in [-0.05, 0) is 32.2 Å². The lowest BCUT2D eigenvalue weighted by atomic mass is 10.1. The van der Waals surface area contributed by atoms with Gasteiger partial charge < -0.3 is 14.6 Å². The van der Waals surface area contributed by atoms with Crippen LogP contribution >= 0.6 is 0 Å². The van der Waals surface area contributed by atoms with Crippen molar-refractivity contribution in [3.63, 3.8) is 0 Å². The summed E-state index contributed by atoms with van der Waals surface area (Å²) >= 11 is 0. The third-order valence-corrected chi connectivity index (χ3v) is 2.40. The summed E-state index contributed by atoms with van der Waals surface area (Å²) in [7, 11) is 3.09. The molecule has 0 aliphatic heterocycles. The Kier molecular flexibility index (Phi) is 4.15. The van der Waals surface area contributed by atoms with Crippen molar-refractivity contribution in [2.75, 3.05) is 14.2 Å². The maximum Gasteiger partial charge on any atom is 0.162 e. The Hall–Kier alpha value is -1.97. The summed E-state index contributed by atoms with van der Waals surface area (Å²) in [5, 5.41) is 9.99. The van der Waals surface area contributed by atoms with E-state index in [9.17, 15) is 5.11 Å². The SMILES string of the molecule is C=Nc1cc(OC)c(OC)cc1C(O)=C(C)C. The summed E-state index contributed by atoms with van der Waals surface area (Å²) in [6.45, 7) is 7.12. The number of aliphatic hydroxyl groups is 1. The van der Waals surface area contributed by atoms with Gasteiger partial charge in [-0.1, -0.05) is 0 Å². The molecule has 0 saturated heterocycles. The minimum Gasteiger partial charge on any atom is -0.507 e. The lowest BCUT2D eigenvalue weighted by Crippen LogP contribution is -1.94. The van der Waals surface area contributed by atoms with Gasteiger partial charge in [0.05, 0.1) is 19.9 Å². The molecular weight excluding hydrogens is 218 g/mol. The summed E-state index contributed by atoms with van der Waals surface area (Å²) in [6, 6.07) is 3.37. The van der Waals surface area contributed by atoms with Crippen molar-refractivity contribution in [1.82, 2.24) is 0 Å². The van der Waals surface area contributed by atoms with Gasteiger partial charge in [-0.15, -0.1) is 0 Å². The number of aliphatic imine (C=N–C) groups is 1. The van der Waals surface area contributed by atoms with Crippen molar-refractivity contribution in [3.8, 4) is 11.5 Å². The Morgan fingerprint density at radius 3 is 2.12 bits per heavy atom. The molecule has 4 nitrogen and oxygen atoms in total. The smallest absolute Gasteiger partial charge is 0.162 e. The largest absolute Gasteiger partial charge is 0.507 e. The average molecular weight is 235 g/mol. The minimum atomic E-state index is 0.174. The Bertz CT molecular complexity index is 460. The Morgan fingerprint density at radius 2 is 1.71 bits per heavy atom. The second-order valence-electron chi connectivity index (χ2n) is 3.73. The van der Waals surface area contributed by atoms with Crippen LogP contribution in [-0.2, 0) is 0 Å². The number of methoxy groups -OCH3 is 2. The zero-order valence-electron chi connectivity index (χ0n) is 10.6. The predicted molar refractivity (Wildman–Crippen MR) is 69.7 cm³/mol. The number of ether oxygens (including phenoxy) is 2.